The summed E-state index contributed by atoms with van der Waals surface area (Å²) in [6.45, 7) is 6.69. The van der Waals surface area contributed by atoms with Gasteiger partial charge in [-0.25, -0.2) is 4.98 Å². The van der Waals surface area contributed by atoms with E-state index in [-0.39, 0.29) is 0 Å². The van der Waals surface area contributed by atoms with Gasteiger partial charge in [0.15, 0.2) is 0 Å². The topological polar surface area (TPSA) is 33.1 Å². The summed E-state index contributed by atoms with van der Waals surface area (Å²) in [6, 6.07) is 1.52. The quantitative estimate of drug-likeness (QED) is 0.851. The molecular formula is C15H26N4. The zero-order chi connectivity index (χ0) is 13.1. The molecule has 2 heterocycles. The number of aryl methyl sites for hydroxylation is 1. The largest absolute Gasteiger partial charge is 0.334 e. The molecule has 1 aromatic heterocycles. The number of nitrogens with one attached hydrogen (secondary N) is 1. The lowest BCUT2D eigenvalue weighted by atomic mass is 10.0. The van der Waals surface area contributed by atoms with Gasteiger partial charge < -0.3 is 9.88 Å². The lowest BCUT2D eigenvalue weighted by Crippen LogP contribution is -2.44. The smallest absolute Gasteiger partial charge is 0.0948 e. The van der Waals surface area contributed by atoms with Crippen LogP contribution in [0.25, 0.3) is 0 Å². The van der Waals surface area contributed by atoms with Crippen molar-refractivity contribution >= 4 is 0 Å². The second-order valence-electron chi connectivity index (χ2n) is 5.98. The molecule has 1 atom stereocenters. The Morgan fingerprint density at radius 2 is 2.26 bits per heavy atom. The molecule has 1 aromatic rings. The minimum Gasteiger partial charge on any atom is -0.334 e. The number of nitrogens with zero attached hydrogens (tertiary/aromatic N) is 3. The number of rotatable bonds is 6. The van der Waals surface area contributed by atoms with Gasteiger partial charge in [0.25, 0.3) is 0 Å². The summed E-state index contributed by atoms with van der Waals surface area (Å²) in [5, 5.41) is 3.68. The van der Waals surface area contributed by atoms with Crippen molar-refractivity contribution in [2.75, 3.05) is 13.1 Å². The molecule has 1 saturated heterocycles. The molecule has 1 saturated carbocycles. The molecule has 0 spiro atoms. The van der Waals surface area contributed by atoms with E-state index in [1.54, 1.807) is 0 Å². The molecule has 1 aliphatic heterocycles. The first kappa shape index (κ1) is 13.1. The predicted octanol–water partition coefficient (Wildman–Crippen LogP) is 2.01. The van der Waals surface area contributed by atoms with E-state index in [0.29, 0.717) is 6.04 Å². The molecule has 4 heteroatoms. The fourth-order valence-electron chi connectivity index (χ4n) is 3.12. The van der Waals surface area contributed by atoms with E-state index in [1.807, 2.05) is 12.5 Å². The number of hydrogen-bond donors (Lipinski definition) is 1. The highest BCUT2D eigenvalue weighted by atomic mass is 15.2. The monoisotopic (exact) mass is 262 g/mol. The van der Waals surface area contributed by atoms with E-state index in [9.17, 15) is 0 Å². The van der Waals surface area contributed by atoms with Crippen molar-refractivity contribution in [3.63, 3.8) is 0 Å². The van der Waals surface area contributed by atoms with Gasteiger partial charge in [0.1, 0.15) is 0 Å². The summed E-state index contributed by atoms with van der Waals surface area (Å²) in [5.74, 6) is 0. The predicted molar refractivity (Wildman–Crippen MR) is 77.0 cm³/mol. The summed E-state index contributed by atoms with van der Waals surface area (Å²) in [6.07, 6.45) is 10.8. The van der Waals surface area contributed by atoms with Crippen molar-refractivity contribution in [2.45, 2.75) is 64.2 Å². The highest BCUT2D eigenvalue weighted by Crippen LogP contribution is 2.29. The number of piperidine rings is 1. The van der Waals surface area contributed by atoms with Gasteiger partial charge in [-0.2, -0.15) is 0 Å². The lowest BCUT2D eigenvalue weighted by molar-refractivity contribution is 0.204. The van der Waals surface area contributed by atoms with E-state index in [4.69, 9.17) is 0 Å². The van der Waals surface area contributed by atoms with Crippen LogP contribution in [0.1, 0.15) is 44.7 Å². The van der Waals surface area contributed by atoms with Gasteiger partial charge in [-0.05, 0) is 39.2 Å². The molecule has 1 N–H and O–H groups in total. The summed E-state index contributed by atoms with van der Waals surface area (Å²) in [4.78, 5) is 6.97. The highest BCUT2D eigenvalue weighted by molar-refractivity contribution is 5.01. The van der Waals surface area contributed by atoms with Crippen LogP contribution < -0.4 is 5.32 Å². The fraction of sp³-hybridized carbons (Fsp3) is 0.800. The molecule has 3 rings (SSSR count). The standard InChI is InChI=1S/C15H26N4/c1-2-18-12-16-9-15(18)11-19(14-6-7-14)10-13-5-3-4-8-17-13/h9,12-14,17H,2-8,10-11H2,1H3. The molecule has 1 unspecified atom stereocenters. The number of aromatic nitrogens is 2. The average molecular weight is 262 g/mol. The molecule has 19 heavy (non-hydrogen) atoms. The van der Waals surface area contributed by atoms with Gasteiger partial charge in [0, 0.05) is 37.9 Å². The van der Waals surface area contributed by atoms with Crippen LogP contribution in [-0.2, 0) is 13.1 Å². The molecular weight excluding hydrogens is 236 g/mol. The molecule has 2 fully saturated rings. The normalized spacial score (nSPS) is 24.0. The first-order chi connectivity index (χ1) is 9.36. The zero-order valence-electron chi connectivity index (χ0n) is 12.0. The van der Waals surface area contributed by atoms with Crippen LogP contribution in [0, 0.1) is 0 Å². The maximum atomic E-state index is 4.29. The van der Waals surface area contributed by atoms with E-state index in [0.717, 1.165) is 19.1 Å². The molecule has 0 amide bonds. The second kappa shape index (κ2) is 6.06. The van der Waals surface area contributed by atoms with Gasteiger partial charge in [-0.3, -0.25) is 4.90 Å². The third-order valence-corrected chi connectivity index (χ3v) is 4.43. The first-order valence-corrected chi connectivity index (χ1v) is 7.83. The van der Waals surface area contributed by atoms with Gasteiger partial charge in [-0.15, -0.1) is 0 Å². The minimum absolute atomic E-state index is 0.701. The van der Waals surface area contributed by atoms with E-state index in [2.05, 4.69) is 26.7 Å². The van der Waals surface area contributed by atoms with Crippen molar-refractivity contribution in [1.29, 1.82) is 0 Å². The van der Waals surface area contributed by atoms with Crippen LogP contribution in [0.5, 0.6) is 0 Å². The van der Waals surface area contributed by atoms with Gasteiger partial charge in [-0.1, -0.05) is 6.42 Å². The minimum atomic E-state index is 0.701. The van der Waals surface area contributed by atoms with Crippen molar-refractivity contribution in [3.8, 4) is 0 Å². The maximum absolute atomic E-state index is 4.29. The molecule has 2 aliphatic rings. The Morgan fingerprint density at radius 3 is 2.95 bits per heavy atom. The first-order valence-electron chi connectivity index (χ1n) is 7.83. The van der Waals surface area contributed by atoms with Crippen LogP contribution in [0.2, 0.25) is 0 Å². The Balaban J connectivity index is 1.60. The Bertz CT molecular complexity index is 391. The maximum Gasteiger partial charge on any atom is 0.0948 e. The molecule has 1 aliphatic carbocycles. The van der Waals surface area contributed by atoms with Crippen LogP contribution in [-0.4, -0.2) is 39.6 Å². The lowest BCUT2D eigenvalue weighted by Gasteiger charge is -2.30. The Kier molecular flexibility index (Phi) is 4.18. The second-order valence-corrected chi connectivity index (χ2v) is 5.98. The Morgan fingerprint density at radius 1 is 1.37 bits per heavy atom. The SMILES string of the molecule is CCn1cncc1CN(CC1CCCCN1)C1CC1. The molecule has 4 nitrogen and oxygen atoms in total. The Hall–Kier alpha value is -0.870. The van der Waals surface area contributed by atoms with Gasteiger partial charge in [0.05, 0.1) is 12.0 Å². The van der Waals surface area contributed by atoms with Crippen LogP contribution in [0.4, 0.5) is 0 Å². The molecule has 106 valence electrons. The number of hydrogen-bond acceptors (Lipinski definition) is 3. The van der Waals surface area contributed by atoms with Crippen LogP contribution in [0.3, 0.4) is 0 Å². The van der Waals surface area contributed by atoms with Gasteiger partial charge in [0.2, 0.25) is 0 Å². The van der Waals surface area contributed by atoms with Crippen molar-refractivity contribution in [1.82, 2.24) is 19.8 Å². The number of imidazole rings is 1. The average Bonchev–Trinajstić information content (AvgIpc) is 3.20. The summed E-state index contributed by atoms with van der Waals surface area (Å²) >= 11 is 0. The van der Waals surface area contributed by atoms with Crippen LogP contribution in [0.15, 0.2) is 12.5 Å². The van der Waals surface area contributed by atoms with E-state index in [1.165, 1.54) is 50.9 Å². The van der Waals surface area contributed by atoms with Crippen molar-refractivity contribution in [3.05, 3.63) is 18.2 Å². The van der Waals surface area contributed by atoms with E-state index < -0.39 is 0 Å². The zero-order valence-corrected chi connectivity index (χ0v) is 12.0. The molecule has 0 bridgehead atoms. The summed E-state index contributed by atoms with van der Waals surface area (Å²) in [5.41, 5.74) is 1.37. The third kappa shape index (κ3) is 3.37. The van der Waals surface area contributed by atoms with Crippen molar-refractivity contribution in [2.24, 2.45) is 0 Å². The van der Waals surface area contributed by atoms with Crippen molar-refractivity contribution < 1.29 is 0 Å². The van der Waals surface area contributed by atoms with Gasteiger partial charge >= 0.3 is 0 Å². The Labute approximate surface area is 116 Å². The highest BCUT2D eigenvalue weighted by Gasteiger charge is 2.31. The summed E-state index contributed by atoms with van der Waals surface area (Å²) < 4.78 is 2.27. The molecule has 0 radical (unpaired) electrons. The van der Waals surface area contributed by atoms with Crippen LogP contribution >= 0.6 is 0 Å². The fourth-order valence-corrected chi connectivity index (χ4v) is 3.12. The third-order valence-electron chi connectivity index (χ3n) is 4.43. The summed E-state index contributed by atoms with van der Waals surface area (Å²) in [7, 11) is 0. The molecule has 0 aromatic carbocycles. The van der Waals surface area contributed by atoms with E-state index >= 15 is 0 Å².